The molecular weight excluding hydrogens is 491 g/mol. The Morgan fingerprint density at radius 2 is 2.22 bits per heavy atom. The molecule has 6 nitrogen and oxygen atoms in total. The minimum Gasteiger partial charge on any atom is -0.357 e. The molecule has 0 aliphatic carbocycles. The first kappa shape index (κ1) is 20.4. The molecule has 128 valence electrons. The van der Waals surface area contributed by atoms with Crippen LogP contribution in [-0.4, -0.2) is 33.8 Å². The van der Waals surface area contributed by atoms with Crippen molar-refractivity contribution >= 4 is 57.2 Å². The van der Waals surface area contributed by atoms with E-state index in [2.05, 4.69) is 71.6 Å². The third-order valence-electron chi connectivity index (χ3n) is 3.02. The van der Waals surface area contributed by atoms with E-state index < -0.39 is 0 Å². The van der Waals surface area contributed by atoms with Crippen molar-refractivity contribution in [2.75, 3.05) is 13.1 Å². The molecular formula is C14H22BrIN6S. The molecule has 0 unspecified atom stereocenters. The Morgan fingerprint density at radius 1 is 1.39 bits per heavy atom. The van der Waals surface area contributed by atoms with Crippen molar-refractivity contribution in [2.24, 2.45) is 4.99 Å². The van der Waals surface area contributed by atoms with Gasteiger partial charge >= 0.3 is 0 Å². The largest absolute Gasteiger partial charge is 0.357 e. The van der Waals surface area contributed by atoms with Gasteiger partial charge in [-0.25, -0.2) is 4.99 Å². The minimum atomic E-state index is 0. The third-order valence-corrected chi connectivity index (χ3v) is 4.70. The fourth-order valence-electron chi connectivity index (χ4n) is 1.97. The van der Waals surface area contributed by atoms with Crippen LogP contribution in [-0.2, 0) is 19.5 Å². The van der Waals surface area contributed by atoms with E-state index in [4.69, 9.17) is 0 Å². The lowest BCUT2D eigenvalue weighted by Gasteiger charge is -2.12. The van der Waals surface area contributed by atoms with Crippen molar-refractivity contribution in [1.29, 1.82) is 0 Å². The van der Waals surface area contributed by atoms with Crippen LogP contribution in [0.4, 0.5) is 0 Å². The number of aliphatic imine (C=N–C) groups is 1. The van der Waals surface area contributed by atoms with Crippen molar-refractivity contribution < 1.29 is 0 Å². The molecule has 0 aromatic carbocycles. The predicted octanol–water partition coefficient (Wildman–Crippen LogP) is 3.04. The topological polar surface area (TPSA) is 67.1 Å². The summed E-state index contributed by atoms with van der Waals surface area (Å²) in [4.78, 5) is 5.83. The number of aryl methyl sites for hydroxylation is 1. The molecule has 2 aromatic heterocycles. The number of hydrogen-bond donors (Lipinski definition) is 2. The highest BCUT2D eigenvalue weighted by molar-refractivity contribution is 14.0. The van der Waals surface area contributed by atoms with Crippen LogP contribution >= 0.6 is 51.2 Å². The third kappa shape index (κ3) is 6.76. The van der Waals surface area contributed by atoms with Gasteiger partial charge < -0.3 is 15.2 Å². The number of rotatable bonds is 7. The average molecular weight is 513 g/mol. The highest BCUT2D eigenvalue weighted by Crippen LogP contribution is 2.20. The number of hydrogen-bond acceptors (Lipinski definition) is 4. The Hall–Kier alpha value is -0.680. The highest BCUT2D eigenvalue weighted by Gasteiger charge is 2.03. The Kier molecular flexibility index (Phi) is 9.72. The lowest BCUT2D eigenvalue weighted by Crippen LogP contribution is -2.38. The Labute approximate surface area is 166 Å². The lowest BCUT2D eigenvalue weighted by atomic mass is 10.4. The second kappa shape index (κ2) is 11.0. The number of nitrogens with one attached hydrogen (secondary N) is 2. The van der Waals surface area contributed by atoms with Crippen molar-refractivity contribution in [1.82, 2.24) is 25.4 Å². The van der Waals surface area contributed by atoms with E-state index >= 15 is 0 Å². The van der Waals surface area contributed by atoms with E-state index in [-0.39, 0.29) is 24.0 Å². The summed E-state index contributed by atoms with van der Waals surface area (Å²) in [6.45, 7) is 7.27. The van der Waals surface area contributed by atoms with Crippen LogP contribution in [0.3, 0.4) is 0 Å². The molecule has 23 heavy (non-hydrogen) atoms. The Morgan fingerprint density at radius 3 is 2.87 bits per heavy atom. The maximum absolute atomic E-state index is 4.60. The van der Waals surface area contributed by atoms with Crippen LogP contribution in [0.25, 0.3) is 0 Å². The van der Waals surface area contributed by atoms with Crippen LogP contribution in [0.1, 0.15) is 24.5 Å². The Bertz CT molecular complexity index is 612. The van der Waals surface area contributed by atoms with Gasteiger partial charge in [0.05, 0.1) is 6.54 Å². The van der Waals surface area contributed by atoms with E-state index in [1.54, 1.807) is 17.7 Å². The first-order chi connectivity index (χ1) is 10.7. The summed E-state index contributed by atoms with van der Waals surface area (Å²) in [5, 5.41) is 16.7. The zero-order chi connectivity index (χ0) is 15.8. The predicted molar refractivity (Wildman–Crippen MR) is 110 cm³/mol. The Balaban J connectivity index is 0.00000264. The zero-order valence-corrected chi connectivity index (χ0v) is 18.0. The van der Waals surface area contributed by atoms with Crippen LogP contribution in [0.5, 0.6) is 0 Å². The molecule has 0 amide bonds. The first-order valence-electron chi connectivity index (χ1n) is 7.34. The van der Waals surface area contributed by atoms with Crippen molar-refractivity contribution in [3.05, 3.63) is 32.9 Å². The fourth-order valence-corrected chi connectivity index (χ4v) is 3.34. The van der Waals surface area contributed by atoms with Gasteiger partial charge in [-0.3, -0.25) is 0 Å². The van der Waals surface area contributed by atoms with Gasteiger partial charge in [-0.2, -0.15) is 0 Å². The van der Waals surface area contributed by atoms with E-state index in [0.717, 1.165) is 42.3 Å². The molecule has 0 radical (unpaired) electrons. The monoisotopic (exact) mass is 512 g/mol. The van der Waals surface area contributed by atoms with E-state index in [1.807, 2.05) is 0 Å². The molecule has 0 bridgehead atoms. The number of guanidine groups is 1. The molecule has 0 atom stereocenters. The zero-order valence-electron chi connectivity index (χ0n) is 13.3. The molecule has 9 heteroatoms. The average Bonchev–Trinajstić information content (AvgIpc) is 3.13. The SMILES string of the molecule is CCNC(=NCc1cc(Br)cs1)NCCn1cnnc1CC.I. The molecule has 0 aliphatic rings. The molecule has 2 aromatic rings. The van der Waals surface area contributed by atoms with Gasteiger partial charge in [0, 0.05) is 40.8 Å². The molecule has 2 heterocycles. The molecule has 0 saturated carbocycles. The van der Waals surface area contributed by atoms with Crippen LogP contribution < -0.4 is 10.6 Å². The summed E-state index contributed by atoms with van der Waals surface area (Å²) in [6, 6.07) is 2.10. The fraction of sp³-hybridized carbons (Fsp3) is 0.500. The second-order valence-electron chi connectivity index (χ2n) is 4.65. The smallest absolute Gasteiger partial charge is 0.191 e. The highest BCUT2D eigenvalue weighted by atomic mass is 127. The summed E-state index contributed by atoms with van der Waals surface area (Å²) in [5.41, 5.74) is 0. The van der Waals surface area contributed by atoms with Crippen molar-refractivity contribution in [3.8, 4) is 0 Å². The summed E-state index contributed by atoms with van der Waals surface area (Å²) >= 11 is 5.17. The minimum absolute atomic E-state index is 0. The summed E-state index contributed by atoms with van der Waals surface area (Å²) < 4.78 is 3.17. The van der Waals surface area contributed by atoms with Crippen LogP contribution in [0.2, 0.25) is 0 Å². The van der Waals surface area contributed by atoms with Gasteiger partial charge in [-0.15, -0.1) is 45.5 Å². The standard InChI is InChI=1S/C14H21BrN6S.HI/c1-3-13-20-19-10-21(13)6-5-17-14(16-4-2)18-8-12-7-11(15)9-22-12;/h7,9-10H,3-6,8H2,1-2H3,(H2,16,17,18);1H. The molecule has 0 saturated heterocycles. The maximum atomic E-state index is 4.60. The molecule has 0 fully saturated rings. The first-order valence-corrected chi connectivity index (χ1v) is 9.02. The van der Waals surface area contributed by atoms with E-state index in [0.29, 0.717) is 6.54 Å². The molecule has 0 spiro atoms. The van der Waals surface area contributed by atoms with Crippen molar-refractivity contribution in [3.63, 3.8) is 0 Å². The summed E-state index contributed by atoms with van der Waals surface area (Å²) in [6.07, 6.45) is 2.66. The van der Waals surface area contributed by atoms with Gasteiger partial charge in [0.2, 0.25) is 0 Å². The van der Waals surface area contributed by atoms with Gasteiger partial charge in [0.15, 0.2) is 5.96 Å². The van der Waals surface area contributed by atoms with Crippen molar-refractivity contribution in [2.45, 2.75) is 33.4 Å². The molecule has 2 rings (SSSR count). The van der Waals surface area contributed by atoms with Gasteiger partial charge in [-0.1, -0.05) is 6.92 Å². The normalized spacial score (nSPS) is 11.2. The number of aromatic nitrogens is 3. The number of thiophene rings is 1. The maximum Gasteiger partial charge on any atom is 0.191 e. The van der Waals surface area contributed by atoms with Gasteiger partial charge in [-0.05, 0) is 28.9 Å². The summed E-state index contributed by atoms with van der Waals surface area (Å²) in [7, 11) is 0. The lowest BCUT2D eigenvalue weighted by molar-refractivity contribution is 0.633. The van der Waals surface area contributed by atoms with E-state index in [9.17, 15) is 0 Å². The number of halogens is 2. The van der Waals surface area contributed by atoms with Gasteiger partial charge in [0.25, 0.3) is 0 Å². The molecule has 0 aliphatic heterocycles. The second-order valence-corrected chi connectivity index (χ2v) is 6.56. The number of nitrogens with zero attached hydrogens (tertiary/aromatic N) is 4. The van der Waals surface area contributed by atoms with E-state index in [1.165, 1.54) is 4.88 Å². The van der Waals surface area contributed by atoms with Crippen LogP contribution in [0, 0.1) is 0 Å². The quantitative estimate of drug-likeness (QED) is 0.340. The van der Waals surface area contributed by atoms with Crippen LogP contribution in [0.15, 0.2) is 27.2 Å². The summed E-state index contributed by atoms with van der Waals surface area (Å²) in [5.74, 6) is 1.84. The van der Waals surface area contributed by atoms with Gasteiger partial charge in [0.1, 0.15) is 12.2 Å². The molecule has 2 N–H and O–H groups in total.